The van der Waals surface area contributed by atoms with Crippen LogP contribution in [0.15, 0.2) is 71.7 Å². The lowest BCUT2D eigenvalue weighted by molar-refractivity contribution is -0.140. The number of hydrogen-bond donors (Lipinski definition) is 1. The molecule has 2 heterocycles. The van der Waals surface area contributed by atoms with E-state index in [0.717, 1.165) is 0 Å². The second-order valence-electron chi connectivity index (χ2n) is 8.69. The van der Waals surface area contributed by atoms with E-state index in [4.69, 9.17) is 14.2 Å². The lowest BCUT2D eigenvalue weighted by Gasteiger charge is -2.26. The van der Waals surface area contributed by atoms with Gasteiger partial charge < -0.3 is 24.2 Å². The normalized spacial score (nSPS) is 20.0. The number of morpholine rings is 1. The molecule has 2 aromatic carbocycles. The van der Waals surface area contributed by atoms with Gasteiger partial charge in [-0.3, -0.25) is 9.59 Å². The Morgan fingerprint density at radius 2 is 1.76 bits per heavy atom. The van der Waals surface area contributed by atoms with Gasteiger partial charge in [0.05, 0.1) is 36.3 Å². The maximum Gasteiger partial charge on any atom is 0.295 e. The third kappa shape index (κ3) is 5.51. The maximum absolute atomic E-state index is 13.1. The van der Waals surface area contributed by atoms with Crippen LogP contribution < -0.4 is 4.74 Å². The molecule has 0 aromatic heterocycles. The SMILES string of the molecule is C=CCOc1ccc([C@H]2C(=C(O)c3ccc(S(=O)(=O)N4CCOCC4)cc3)C(=O)C(=O)N2CCOC)cc1. The standard InChI is InChI=1S/C27H30N2O8S/c1-3-15-37-21-8-4-19(5-9-21)24-23(26(31)27(32)29(24)14-16-35-2)25(30)20-6-10-22(11-7-20)38(33,34)28-12-17-36-18-13-28/h3-11,24,30H,1,12-18H2,2H3/t24-/m0/s1. The summed E-state index contributed by atoms with van der Waals surface area (Å²) in [7, 11) is -2.24. The number of methoxy groups -OCH3 is 1. The molecule has 0 radical (unpaired) electrons. The van der Waals surface area contributed by atoms with Crippen LogP contribution in [0.25, 0.3) is 5.76 Å². The Morgan fingerprint density at radius 1 is 1.11 bits per heavy atom. The molecule has 4 rings (SSSR count). The quantitative estimate of drug-likeness (QED) is 0.210. The van der Waals surface area contributed by atoms with E-state index in [1.165, 1.54) is 40.6 Å². The van der Waals surface area contributed by atoms with E-state index in [1.54, 1.807) is 30.3 Å². The Kier molecular flexibility index (Phi) is 8.62. The number of sulfonamides is 1. The highest BCUT2D eigenvalue weighted by molar-refractivity contribution is 7.89. The van der Waals surface area contributed by atoms with Crippen LogP contribution in [0.4, 0.5) is 0 Å². The number of aliphatic hydroxyl groups is 1. The zero-order chi connectivity index (χ0) is 27.3. The lowest BCUT2D eigenvalue weighted by atomic mass is 9.95. The highest BCUT2D eigenvalue weighted by Crippen LogP contribution is 2.39. The van der Waals surface area contributed by atoms with Crippen molar-refractivity contribution in [3.63, 3.8) is 0 Å². The van der Waals surface area contributed by atoms with Crippen LogP contribution in [0.2, 0.25) is 0 Å². The zero-order valence-electron chi connectivity index (χ0n) is 21.0. The molecule has 11 heteroatoms. The van der Waals surface area contributed by atoms with Crippen LogP contribution in [0.5, 0.6) is 5.75 Å². The Hall–Kier alpha value is -3.51. The van der Waals surface area contributed by atoms with Crippen LogP contribution in [-0.4, -0.2) is 87.6 Å². The Labute approximate surface area is 221 Å². The van der Waals surface area contributed by atoms with Crippen LogP contribution in [0.3, 0.4) is 0 Å². The van der Waals surface area contributed by atoms with Crippen molar-refractivity contribution in [2.24, 2.45) is 0 Å². The van der Waals surface area contributed by atoms with Gasteiger partial charge >= 0.3 is 0 Å². The minimum absolute atomic E-state index is 0.0585. The highest BCUT2D eigenvalue weighted by atomic mass is 32.2. The lowest BCUT2D eigenvalue weighted by Crippen LogP contribution is -2.40. The predicted octanol–water partition coefficient (Wildman–Crippen LogP) is 2.34. The van der Waals surface area contributed by atoms with Crippen molar-refractivity contribution in [1.82, 2.24) is 9.21 Å². The monoisotopic (exact) mass is 542 g/mol. The Bertz CT molecular complexity index is 1310. The second-order valence-corrected chi connectivity index (χ2v) is 10.6. The number of likely N-dealkylation sites (tertiary alicyclic amines) is 1. The van der Waals surface area contributed by atoms with Gasteiger partial charge in [-0.1, -0.05) is 24.8 Å². The molecule has 1 N–H and O–H groups in total. The average molecular weight is 543 g/mol. The molecule has 0 saturated carbocycles. The van der Waals surface area contributed by atoms with Crippen molar-refractivity contribution in [3.8, 4) is 5.75 Å². The summed E-state index contributed by atoms with van der Waals surface area (Å²) in [5.41, 5.74) is 0.723. The van der Waals surface area contributed by atoms with Crippen molar-refractivity contribution in [2.75, 3.05) is 53.2 Å². The minimum atomic E-state index is -3.73. The predicted molar refractivity (Wildman–Crippen MR) is 139 cm³/mol. The number of nitrogens with zero attached hydrogens (tertiary/aromatic N) is 2. The van der Waals surface area contributed by atoms with Crippen molar-refractivity contribution in [2.45, 2.75) is 10.9 Å². The molecule has 38 heavy (non-hydrogen) atoms. The summed E-state index contributed by atoms with van der Waals surface area (Å²) >= 11 is 0. The summed E-state index contributed by atoms with van der Waals surface area (Å²) in [5, 5.41) is 11.2. The van der Waals surface area contributed by atoms with Gasteiger partial charge in [0.1, 0.15) is 18.1 Å². The number of ether oxygens (including phenoxy) is 3. The van der Waals surface area contributed by atoms with E-state index in [-0.39, 0.29) is 42.3 Å². The highest BCUT2D eigenvalue weighted by Gasteiger charge is 2.46. The number of carbonyl (C=O) groups excluding carboxylic acids is 2. The van der Waals surface area contributed by atoms with E-state index in [9.17, 15) is 23.1 Å². The molecule has 0 spiro atoms. The fourth-order valence-corrected chi connectivity index (χ4v) is 5.83. The molecule has 1 atom stereocenters. The molecule has 2 aliphatic rings. The molecule has 10 nitrogen and oxygen atoms in total. The molecule has 1 amide bonds. The fourth-order valence-electron chi connectivity index (χ4n) is 4.42. The third-order valence-electron chi connectivity index (χ3n) is 6.38. The van der Waals surface area contributed by atoms with Gasteiger partial charge in [-0.15, -0.1) is 0 Å². The van der Waals surface area contributed by atoms with E-state index in [1.807, 2.05) is 0 Å². The molecule has 0 unspecified atom stereocenters. The van der Waals surface area contributed by atoms with Gasteiger partial charge in [0.25, 0.3) is 11.7 Å². The first-order valence-corrected chi connectivity index (χ1v) is 13.5. The van der Waals surface area contributed by atoms with E-state index in [2.05, 4.69) is 6.58 Å². The van der Waals surface area contributed by atoms with Gasteiger partial charge in [0, 0.05) is 32.3 Å². The number of rotatable bonds is 10. The number of hydrogen-bond acceptors (Lipinski definition) is 8. The summed E-state index contributed by atoms with van der Waals surface area (Å²) in [6.45, 7) is 5.42. The van der Waals surface area contributed by atoms with Crippen LogP contribution in [0.1, 0.15) is 17.2 Å². The molecule has 2 aliphatic heterocycles. The van der Waals surface area contributed by atoms with Crippen molar-refractivity contribution >= 4 is 27.5 Å². The fraction of sp³-hybridized carbons (Fsp3) is 0.333. The van der Waals surface area contributed by atoms with Crippen LogP contribution in [0, 0.1) is 0 Å². The van der Waals surface area contributed by atoms with Crippen molar-refractivity contribution in [3.05, 3.63) is 77.9 Å². The largest absolute Gasteiger partial charge is 0.507 e. The first-order chi connectivity index (χ1) is 18.3. The smallest absolute Gasteiger partial charge is 0.295 e. The summed E-state index contributed by atoms with van der Waals surface area (Å²) in [6, 6.07) is 11.6. The Morgan fingerprint density at radius 3 is 2.37 bits per heavy atom. The average Bonchev–Trinajstić information content (AvgIpc) is 3.20. The summed E-state index contributed by atoms with van der Waals surface area (Å²) in [4.78, 5) is 27.5. The molecule has 0 bridgehead atoms. The second kappa shape index (κ2) is 11.9. The van der Waals surface area contributed by atoms with Crippen molar-refractivity contribution in [1.29, 1.82) is 0 Å². The number of benzene rings is 2. The van der Waals surface area contributed by atoms with E-state index < -0.39 is 33.5 Å². The first kappa shape index (κ1) is 27.5. The number of aliphatic hydroxyl groups excluding tert-OH is 1. The van der Waals surface area contributed by atoms with Gasteiger partial charge in [-0.05, 0) is 42.0 Å². The molecule has 2 fully saturated rings. The van der Waals surface area contributed by atoms with Gasteiger partial charge in [-0.2, -0.15) is 4.31 Å². The van der Waals surface area contributed by atoms with Gasteiger partial charge in [-0.25, -0.2) is 8.42 Å². The van der Waals surface area contributed by atoms with Crippen LogP contribution in [-0.2, 0) is 29.1 Å². The topological polar surface area (TPSA) is 123 Å². The maximum atomic E-state index is 13.1. The molecule has 2 saturated heterocycles. The summed E-state index contributed by atoms with van der Waals surface area (Å²) in [5.74, 6) is -1.40. The van der Waals surface area contributed by atoms with Crippen LogP contribution >= 0.6 is 0 Å². The molecular formula is C27H30N2O8S. The number of ketones is 1. The zero-order valence-corrected chi connectivity index (χ0v) is 21.9. The molecule has 202 valence electrons. The number of carbonyl (C=O) groups is 2. The minimum Gasteiger partial charge on any atom is -0.507 e. The van der Waals surface area contributed by atoms with E-state index >= 15 is 0 Å². The Balaban J connectivity index is 1.71. The van der Waals surface area contributed by atoms with Crippen molar-refractivity contribution < 1.29 is 37.3 Å². The van der Waals surface area contributed by atoms with Gasteiger partial charge in [0.15, 0.2) is 0 Å². The van der Waals surface area contributed by atoms with Gasteiger partial charge in [0.2, 0.25) is 10.0 Å². The summed E-state index contributed by atoms with van der Waals surface area (Å²) in [6.07, 6.45) is 1.62. The van der Waals surface area contributed by atoms with E-state index in [0.29, 0.717) is 31.1 Å². The third-order valence-corrected chi connectivity index (χ3v) is 8.29. The molecule has 0 aliphatic carbocycles. The molecular weight excluding hydrogens is 512 g/mol. The number of amides is 1. The number of Topliss-reactive ketones (excluding diaryl/α,β-unsaturated/α-hetero) is 1. The summed E-state index contributed by atoms with van der Waals surface area (Å²) < 4.78 is 43.1. The first-order valence-electron chi connectivity index (χ1n) is 12.1. The molecule has 2 aromatic rings.